The molecule has 0 saturated carbocycles. The van der Waals surface area contributed by atoms with Crippen molar-refractivity contribution in [2.75, 3.05) is 0 Å². The molecule has 0 bridgehead atoms. The second-order valence-corrected chi connectivity index (χ2v) is 6.65. The molecule has 0 amide bonds. The van der Waals surface area contributed by atoms with E-state index in [9.17, 15) is 4.79 Å². The van der Waals surface area contributed by atoms with Crippen molar-refractivity contribution in [1.82, 2.24) is 0 Å². The van der Waals surface area contributed by atoms with Gasteiger partial charge >= 0.3 is 0 Å². The number of ketones is 1. The van der Waals surface area contributed by atoms with Crippen LogP contribution >= 0.6 is 0 Å². The molecule has 0 rings (SSSR count). The maximum atomic E-state index is 10.9. The Balaban J connectivity index is 3.91. The zero-order valence-electron chi connectivity index (χ0n) is 13.8. The van der Waals surface area contributed by atoms with Gasteiger partial charge in [0, 0.05) is 0 Å². The third kappa shape index (κ3) is 10.7. The highest BCUT2D eigenvalue weighted by Crippen LogP contribution is 2.28. The molecule has 0 aromatic heterocycles. The minimum atomic E-state index is 0.122. The van der Waals surface area contributed by atoms with Crippen LogP contribution in [-0.2, 0) is 4.79 Å². The summed E-state index contributed by atoms with van der Waals surface area (Å²) in [6, 6.07) is 0. The van der Waals surface area contributed by atoms with Crippen molar-refractivity contribution >= 4 is 5.78 Å². The molecule has 1 unspecified atom stereocenters. The molecule has 0 spiro atoms. The quantitative estimate of drug-likeness (QED) is 0.385. The highest BCUT2D eigenvalue weighted by atomic mass is 16.1. The third-order valence-corrected chi connectivity index (χ3v) is 3.86. The molecule has 0 heterocycles. The fourth-order valence-electron chi connectivity index (χ4n) is 2.08. The Bertz CT molecular complexity index is 321. The molecule has 1 nitrogen and oxygen atoms in total. The smallest absolute Gasteiger partial charge is 0.152 e. The minimum absolute atomic E-state index is 0.122. The molecule has 0 aromatic rings. The first-order valence-electron chi connectivity index (χ1n) is 7.62. The fraction of sp³-hybridized carbons (Fsp3) is 0.722. The molecule has 1 heteroatoms. The topological polar surface area (TPSA) is 17.1 Å². The minimum Gasteiger partial charge on any atom is -0.295 e. The number of rotatable bonds is 9. The van der Waals surface area contributed by atoms with Crippen LogP contribution in [0.5, 0.6) is 0 Å². The van der Waals surface area contributed by atoms with Gasteiger partial charge in [0.1, 0.15) is 0 Å². The molecule has 0 aliphatic heterocycles. The highest BCUT2D eigenvalue weighted by Gasteiger charge is 2.14. The summed E-state index contributed by atoms with van der Waals surface area (Å²) in [6.45, 7) is 12.9. The molecule has 19 heavy (non-hydrogen) atoms. The fourth-order valence-corrected chi connectivity index (χ4v) is 2.08. The largest absolute Gasteiger partial charge is 0.295 e. The van der Waals surface area contributed by atoms with Crippen molar-refractivity contribution in [2.45, 2.75) is 73.6 Å². The van der Waals surface area contributed by atoms with Crippen LogP contribution in [0.3, 0.4) is 0 Å². The number of allylic oxidation sites excluding steroid dienone is 4. The summed E-state index contributed by atoms with van der Waals surface area (Å²) in [6.07, 6.45) is 12.2. The lowest BCUT2D eigenvalue weighted by Crippen LogP contribution is -2.09. The van der Waals surface area contributed by atoms with E-state index in [-0.39, 0.29) is 5.78 Å². The maximum Gasteiger partial charge on any atom is 0.152 e. The van der Waals surface area contributed by atoms with E-state index in [2.05, 4.69) is 39.8 Å². The van der Waals surface area contributed by atoms with Gasteiger partial charge in [-0.15, -0.1) is 0 Å². The number of carbonyl (C=O) groups excluding carboxylic acids is 1. The number of hydrogen-bond donors (Lipinski definition) is 0. The lowest BCUT2D eigenvalue weighted by molar-refractivity contribution is -0.112. The summed E-state index contributed by atoms with van der Waals surface area (Å²) in [5, 5.41) is 0. The Labute approximate surface area is 120 Å². The molecule has 0 saturated heterocycles. The number of carbonyl (C=O) groups is 1. The molecule has 0 aromatic carbocycles. The zero-order valence-corrected chi connectivity index (χ0v) is 13.8. The first kappa shape index (κ1) is 18.1. The van der Waals surface area contributed by atoms with Gasteiger partial charge in [-0.2, -0.15) is 0 Å². The zero-order chi connectivity index (χ0) is 14.9. The van der Waals surface area contributed by atoms with E-state index in [0.29, 0.717) is 5.41 Å². The van der Waals surface area contributed by atoms with Gasteiger partial charge in [0.25, 0.3) is 0 Å². The van der Waals surface area contributed by atoms with E-state index in [1.165, 1.54) is 25.7 Å². The Morgan fingerprint density at radius 3 is 2.42 bits per heavy atom. The van der Waals surface area contributed by atoms with Crippen molar-refractivity contribution in [2.24, 2.45) is 11.3 Å². The molecule has 0 radical (unpaired) electrons. The standard InChI is InChI=1S/C18H32O/c1-7-18(5,6)13-9-12-15(2)10-8-11-16(3)14-17(4)19/h8,11,14-15H,7,9-10,12-13H2,1-6H3/b11-8+,16-14+. The van der Waals surface area contributed by atoms with Crippen LogP contribution in [0.1, 0.15) is 73.6 Å². The van der Waals surface area contributed by atoms with Crippen molar-refractivity contribution in [1.29, 1.82) is 0 Å². The van der Waals surface area contributed by atoms with Gasteiger partial charge in [0.15, 0.2) is 5.78 Å². The van der Waals surface area contributed by atoms with E-state index in [1.54, 1.807) is 13.0 Å². The van der Waals surface area contributed by atoms with Crippen molar-refractivity contribution in [3.63, 3.8) is 0 Å². The van der Waals surface area contributed by atoms with E-state index in [0.717, 1.165) is 17.9 Å². The van der Waals surface area contributed by atoms with E-state index >= 15 is 0 Å². The van der Waals surface area contributed by atoms with Gasteiger partial charge < -0.3 is 0 Å². The van der Waals surface area contributed by atoms with Gasteiger partial charge in [-0.3, -0.25) is 4.79 Å². The van der Waals surface area contributed by atoms with Crippen LogP contribution in [-0.4, -0.2) is 5.78 Å². The Hall–Kier alpha value is -0.850. The first-order valence-corrected chi connectivity index (χ1v) is 7.62. The second-order valence-electron chi connectivity index (χ2n) is 6.65. The van der Waals surface area contributed by atoms with Crippen LogP contribution in [0.4, 0.5) is 0 Å². The van der Waals surface area contributed by atoms with E-state index < -0.39 is 0 Å². The molecule has 0 aliphatic carbocycles. The van der Waals surface area contributed by atoms with Gasteiger partial charge in [-0.25, -0.2) is 0 Å². The van der Waals surface area contributed by atoms with Gasteiger partial charge in [0.2, 0.25) is 0 Å². The summed E-state index contributed by atoms with van der Waals surface area (Å²) in [7, 11) is 0. The summed E-state index contributed by atoms with van der Waals surface area (Å²) < 4.78 is 0. The van der Waals surface area contributed by atoms with Crippen LogP contribution in [0.2, 0.25) is 0 Å². The second kappa shape index (κ2) is 9.12. The predicted octanol–water partition coefficient (Wildman–Crippen LogP) is 5.71. The molecular weight excluding hydrogens is 232 g/mol. The number of hydrogen-bond acceptors (Lipinski definition) is 1. The first-order chi connectivity index (χ1) is 8.76. The third-order valence-electron chi connectivity index (χ3n) is 3.86. The van der Waals surface area contributed by atoms with Gasteiger partial charge in [-0.05, 0) is 49.7 Å². The monoisotopic (exact) mass is 264 g/mol. The Morgan fingerprint density at radius 1 is 1.26 bits per heavy atom. The molecule has 0 fully saturated rings. The Morgan fingerprint density at radius 2 is 1.89 bits per heavy atom. The maximum absolute atomic E-state index is 10.9. The van der Waals surface area contributed by atoms with Gasteiger partial charge in [0.05, 0.1) is 0 Å². The molecule has 0 N–H and O–H groups in total. The summed E-state index contributed by atoms with van der Waals surface area (Å²) >= 11 is 0. The van der Waals surface area contributed by atoms with Crippen molar-refractivity contribution in [3.05, 3.63) is 23.8 Å². The van der Waals surface area contributed by atoms with Crippen LogP contribution in [0.25, 0.3) is 0 Å². The van der Waals surface area contributed by atoms with E-state index in [1.807, 2.05) is 6.92 Å². The molecule has 1 atom stereocenters. The molecule has 0 aliphatic rings. The average molecular weight is 264 g/mol. The lowest BCUT2D eigenvalue weighted by atomic mass is 9.83. The van der Waals surface area contributed by atoms with Crippen molar-refractivity contribution in [3.8, 4) is 0 Å². The lowest BCUT2D eigenvalue weighted by Gasteiger charge is -2.23. The summed E-state index contributed by atoms with van der Waals surface area (Å²) in [4.78, 5) is 10.9. The van der Waals surface area contributed by atoms with Crippen LogP contribution < -0.4 is 0 Å². The van der Waals surface area contributed by atoms with E-state index in [4.69, 9.17) is 0 Å². The van der Waals surface area contributed by atoms with Gasteiger partial charge in [-0.1, -0.05) is 59.1 Å². The van der Waals surface area contributed by atoms with Crippen LogP contribution in [0, 0.1) is 11.3 Å². The molecular formula is C18H32O. The van der Waals surface area contributed by atoms with Crippen LogP contribution in [0.15, 0.2) is 23.8 Å². The predicted molar refractivity (Wildman–Crippen MR) is 85.3 cm³/mol. The SMILES string of the molecule is CCC(C)(C)CCCC(C)C/C=C/C(C)=C/C(C)=O. The normalized spacial score (nSPS) is 14.9. The summed E-state index contributed by atoms with van der Waals surface area (Å²) in [5.41, 5.74) is 1.54. The average Bonchev–Trinajstić information content (AvgIpc) is 2.27. The Kier molecular flexibility index (Phi) is 8.71. The molecule has 110 valence electrons. The van der Waals surface area contributed by atoms with Crippen molar-refractivity contribution < 1.29 is 4.79 Å². The highest BCUT2D eigenvalue weighted by molar-refractivity contribution is 5.88. The summed E-state index contributed by atoms with van der Waals surface area (Å²) in [5.74, 6) is 0.853.